The molecule has 1 aromatic carbocycles. The van der Waals surface area contributed by atoms with E-state index in [0.717, 1.165) is 19.4 Å². The fraction of sp³-hybridized carbons (Fsp3) is 0.500. The van der Waals surface area contributed by atoms with Gasteiger partial charge in [0.05, 0.1) is 4.92 Å². The van der Waals surface area contributed by atoms with E-state index in [0.29, 0.717) is 11.4 Å². The average Bonchev–Trinajstić information content (AvgIpc) is 2.37. The quantitative estimate of drug-likeness (QED) is 0.422. The minimum atomic E-state index is -0.413. The molecule has 104 valence electrons. The Kier molecular flexibility index (Phi) is 4.16. The van der Waals surface area contributed by atoms with Crippen molar-refractivity contribution in [3.63, 3.8) is 0 Å². The summed E-state index contributed by atoms with van der Waals surface area (Å²) in [4.78, 5) is 10.7. The molecule has 19 heavy (non-hydrogen) atoms. The molecule has 1 fully saturated rings. The van der Waals surface area contributed by atoms with E-state index in [4.69, 9.17) is 5.84 Å². The molecule has 2 rings (SSSR count). The normalized spacial score (nSPS) is 16.5. The van der Waals surface area contributed by atoms with Gasteiger partial charge in [0.25, 0.3) is 0 Å². The van der Waals surface area contributed by atoms with Gasteiger partial charge in [0.2, 0.25) is 0 Å². The maximum atomic E-state index is 11.1. The maximum Gasteiger partial charge on any atom is 0.316 e. The molecule has 0 spiro atoms. The minimum absolute atomic E-state index is 0.000534. The monoisotopic (exact) mass is 282 g/mol. The molecule has 0 unspecified atom stereocenters. The van der Waals surface area contributed by atoms with Crippen LogP contribution in [-0.2, 0) is 0 Å². The number of nitrogens with one attached hydrogen (secondary N) is 2. The largest absolute Gasteiger partial charge is 0.378 e. The van der Waals surface area contributed by atoms with E-state index < -0.39 is 4.92 Å². The molecule has 0 aliphatic heterocycles. The fourth-order valence-electron chi connectivity index (χ4n) is 2.28. The van der Waals surface area contributed by atoms with Crippen LogP contribution < -0.4 is 16.6 Å². The van der Waals surface area contributed by atoms with Gasteiger partial charge >= 0.3 is 5.69 Å². The summed E-state index contributed by atoms with van der Waals surface area (Å²) in [6.45, 7) is 0.739. The molecule has 1 saturated carbocycles. The van der Waals surface area contributed by atoms with Crippen molar-refractivity contribution in [2.75, 3.05) is 23.5 Å². The van der Waals surface area contributed by atoms with Crippen molar-refractivity contribution in [1.29, 1.82) is 0 Å². The molecule has 0 heterocycles. The first-order valence-electron chi connectivity index (χ1n) is 6.15. The van der Waals surface area contributed by atoms with Crippen LogP contribution in [0.1, 0.15) is 19.3 Å². The number of nitro groups is 1. The molecular formula is C12H18N4O2S. The third-order valence-electron chi connectivity index (χ3n) is 3.67. The molecule has 4 N–H and O–H groups in total. The van der Waals surface area contributed by atoms with Crippen LogP contribution in [0, 0.1) is 10.1 Å². The van der Waals surface area contributed by atoms with Gasteiger partial charge in [-0.2, -0.15) is 11.8 Å². The summed E-state index contributed by atoms with van der Waals surface area (Å²) in [5, 5.41) is 14.3. The van der Waals surface area contributed by atoms with Crippen LogP contribution in [0.4, 0.5) is 17.1 Å². The molecule has 0 radical (unpaired) electrons. The molecule has 7 heteroatoms. The van der Waals surface area contributed by atoms with Crippen LogP contribution in [0.5, 0.6) is 0 Å². The van der Waals surface area contributed by atoms with Crippen LogP contribution >= 0.6 is 11.8 Å². The van der Waals surface area contributed by atoms with Gasteiger partial charge in [-0.15, -0.1) is 0 Å². The number of nitrogens with two attached hydrogens (primary N) is 1. The van der Waals surface area contributed by atoms with Crippen molar-refractivity contribution < 1.29 is 4.92 Å². The zero-order valence-corrected chi connectivity index (χ0v) is 11.6. The predicted octanol–water partition coefficient (Wildman–Crippen LogP) is 2.58. The van der Waals surface area contributed by atoms with E-state index in [1.54, 1.807) is 18.2 Å². The van der Waals surface area contributed by atoms with Crippen LogP contribution in [-0.4, -0.2) is 22.5 Å². The summed E-state index contributed by atoms with van der Waals surface area (Å²) in [6.07, 6.45) is 5.63. The average molecular weight is 282 g/mol. The van der Waals surface area contributed by atoms with Gasteiger partial charge < -0.3 is 10.7 Å². The molecule has 1 aliphatic carbocycles. The molecule has 0 aromatic heterocycles. The van der Waals surface area contributed by atoms with Gasteiger partial charge in [-0.05, 0) is 31.2 Å². The maximum absolute atomic E-state index is 11.1. The predicted molar refractivity (Wildman–Crippen MR) is 79.5 cm³/mol. The van der Waals surface area contributed by atoms with Crippen molar-refractivity contribution in [2.24, 2.45) is 5.84 Å². The first kappa shape index (κ1) is 14.0. The first-order chi connectivity index (χ1) is 9.12. The smallest absolute Gasteiger partial charge is 0.316 e. The second kappa shape index (κ2) is 5.66. The van der Waals surface area contributed by atoms with E-state index in [9.17, 15) is 10.1 Å². The van der Waals surface area contributed by atoms with Crippen LogP contribution in [0.3, 0.4) is 0 Å². The number of thioether (sulfide) groups is 1. The Labute approximate surface area is 116 Å². The van der Waals surface area contributed by atoms with Crippen molar-refractivity contribution in [1.82, 2.24) is 0 Å². The van der Waals surface area contributed by atoms with Crippen LogP contribution in [0.15, 0.2) is 18.2 Å². The van der Waals surface area contributed by atoms with Crippen LogP contribution in [0.2, 0.25) is 0 Å². The zero-order valence-electron chi connectivity index (χ0n) is 10.8. The lowest BCUT2D eigenvalue weighted by molar-refractivity contribution is -0.383. The number of benzene rings is 1. The number of para-hydroxylation sites is 1. The van der Waals surface area contributed by atoms with E-state index in [1.807, 2.05) is 11.8 Å². The number of nitrogen functional groups attached to an aromatic ring is 1. The van der Waals surface area contributed by atoms with Crippen molar-refractivity contribution in [2.45, 2.75) is 24.0 Å². The van der Waals surface area contributed by atoms with E-state index >= 15 is 0 Å². The van der Waals surface area contributed by atoms with Gasteiger partial charge in [-0.1, -0.05) is 12.5 Å². The Balaban J connectivity index is 2.18. The Morgan fingerprint density at radius 1 is 1.47 bits per heavy atom. The van der Waals surface area contributed by atoms with E-state index in [-0.39, 0.29) is 10.4 Å². The van der Waals surface area contributed by atoms with E-state index in [2.05, 4.69) is 17.0 Å². The van der Waals surface area contributed by atoms with Gasteiger partial charge in [0, 0.05) is 11.3 Å². The highest BCUT2D eigenvalue weighted by Crippen LogP contribution is 2.43. The first-order valence-corrected chi connectivity index (χ1v) is 7.37. The number of anilines is 2. The van der Waals surface area contributed by atoms with Gasteiger partial charge in [-0.3, -0.25) is 16.0 Å². The summed E-state index contributed by atoms with van der Waals surface area (Å²) in [6, 6.07) is 5.06. The summed E-state index contributed by atoms with van der Waals surface area (Å²) in [5.74, 6) is 5.32. The molecule has 1 aliphatic rings. The molecular weight excluding hydrogens is 264 g/mol. The lowest BCUT2D eigenvalue weighted by Gasteiger charge is -2.40. The molecule has 0 atom stereocenters. The van der Waals surface area contributed by atoms with E-state index in [1.165, 1.54) is 6.42 Å². The Bertz CT molecular complexity index is 471. The van der Waals surface area contributed by atoms with Gasteiger partial charge in [0.15, 0.2) is 0 Å². The topological polar surface area (TPSA) is 93.2 Å². The highest BCUT2D eigenvalue weighted by atomic mass is 32.2. The summed E-state index contributed by atoms with van der Waals surface area (Å²) >= 11 is 1.83. The van der Waals surface area contributed by atoms with Crippen LogP contribution in [0.25, 0.3) is 0 Å². The lowest BCUT2D eigenvalue weighted by Crippen LogP contribution is -2.40. The third-order valence-corrected chi connectivity index (χ3v) is 5.09. The highest BCUT2D eigenvalue weighted by Gasteiger charge is 2.36. The number of hydrogen-bond acceptors (Lipinski definition) is 6. The highest BCUT2D eigenvalue weighted by molar-refractivity contribution is 8.00. The molecule has 0 saturated heterocycles. The Morgan fingerprint density at radius 3 is 2.63 bits per heavy atom. The molecule has 1 aromatic rings. The number of hydrazine groups is 1. The second-order valence-electron chi connectivity index (χ2n) is 4.70. The number of nitrogens with zero attached hydrogens (tertiary/aromatic N) is 1. The van der Waals surface area contributed by atoms with Crippen molar-refractivity contribution in [3.05, 3.63) is 28.3 Å². The third kappa shape index (κ3) is 2.76. The SMILES string of the molecule is CSC1(CNc2cccc(NN)c2[N+](=O)[O-])CCC1. The zero-order chi connectivity index (χ0) is 13.9. The fourth-order valence-corrected chi connectivity index (χ4v) is 3.19. The Hall–Kier alpha value is -1.47. The molecule has 0 bridgehead atoms. The summed E-state index contributed by atoms with van der Waals surface area (Å²) in [7, 11) is 0. The number of rotatable bonds is 6. The second-order valence-corrected chi connectivity index (χ2v) is 5.97. The molecule has 6 nitrogen and oxygen atoms in total. The van der Waals surface area contributed by atoms with Crippen molar-refractivity contribution >= 4 is 28.8 Å². The number of hydrogen-bond donors (Lipinski definition) is 3. The van der Waals surface area contributed by atoms with Gasteiger partial charge in [-0.25, -0.2) is 0 Å². The summed E-state index contributed by atoms with van der Waals surface area (Å²) < 4.78 is 0.222. The van der Waals surface area contributed by atoms with Crippen molar-refractivity contribution in [3.8, 4) is 0 Å². The Morgan fingerprint density at radius 2 is 2.16 bits per heavy atom. The lowest BCUT2D eigenvalue weighted by atomic mass is 9.84. The summed E-state index contributed by atoms with van der Waals surface area (Å²) in [5.41, 5.74) is 3.21. The standard InChI is InChI=1S/C12H18N4O2S/c1-19-12(6-3-7-12)8-14-9-4-2-5-10(15-13)11(9)16(17)18/h2,4-5,14-15H,3,6-8,13H2,1H3. The van der Waals surface area contributed by atoms with Gasteiger partial charge in [0.1, 0.15) is 11.4 Å². The molecule has 0 amide bonds. The number of nitro benzene ring substituents is 1. The minimum Gasteiger partial charge on any atom is -0.378 e.